The number of piperazine rings is 1. The van der Waals surface area contributed by atoms with Crippen molar-refractivity contribution in [2.75, 3.05) is 56.0 Å². The second-order valence-corrected chi connectivity index (χ2v) is 15.2. The quantitative estimate of drug-likeness (QED) is 0.258. The van der Waals surface area contributed by atoms with Crippen molar-refractivity contribution < 1.29 is 23.8 Å². The standard InChI is InChI=1S/C38H49N7O5/c1-25-33(50-24-40-25)23-49-32-6-5-28-21-43(10-7-27(28)15-32)22-31(46)20-39-36(47)29-16-34(41-30-18-38(19-30)8-2-9-38)42-35(17-29)44-11-13-45(14-12-44)37(48)26-3-4-26/h5-6,15-17,24,26,30-31,46H,2-4,7-14,18-23H2,1H3,(H,39,47)(H,41,42)/t31-/m0/s1. The molecule has 3 N–H and O–H groups in total. The molecule has 266 valence electrons. The first-order valence-electron chi connectivity index (χ1n) is 18.4. The van der Waals surface area contributed by atoms with Crippen LogP contribution in [0.5, 0.6) is 5.75 Å². The van der Waals surface area contributed by atoms with Crippen LogP contribution < -0.4 is 20.3 Å². The maximum atomic E-state index is 13.5. The molecule has 2 amide bonds. The van der Waals surface area contributed by atoms with Crippen LogP contribution in [-0.2, 0) is 24.4 Å². The van der Waals surface area contributed by atoms with Crippen LogP contribution in [0.1, 0.15) is 77.9 Å². The van der Waals surface area contributed by atoms with Crippen LogP contribution in [0.3, 0.4) is 0 Å². The minimum absolute atomic E-state index is 0.156. The fourth-order valence-corrected chi connectivity index (χ4v) is 8.13. The normalized spacial score (nSPS) is 20.8. The molecule has 0 radical (unpaired) electrons. The molecule has 4 heterocycles. The van der Waals surface area contributed by atoms with Gasteiger partial charge >= 0.3 is 0 Å². The summed E-state index contributed by atoms with van der Waals surface area (Å²) < 4.78 is 11.3. The molecule has 3 aliphatic carbocycles. The summed E-state index contributed by atoms with van der Waals surface area (Å²) in [6.07, 6.45) is 9.90. The second kappa shape index (κ2) is 13.9. The van der Waals surface area contributed by atoms with Gasteiger partial charge in [-0.25, -0.2) is 9.97 Å². The van der Waals surface area contributed by atoms with Crippen molar-refractivity contribution in [3.05, 3.63) is 64.9 Å². The number of nitrogens with zero attached hydrogens (tertiary/aromatic N) is 5. The Morgan fingerprint density at radius 1 is 1.08 bits per heavy atom. The van der Waals surface area contributed by atoms with Crippen LogP contribution in [-0.4, -0.2) is 94.6 Å². The maximum Gasteiger partial charge on any atom is 0.251 e. The number of carbonyl (C=O) groups is 2. The Bertz CT molecular complexity index is 1700. The highest BCUT2D eigenvalue weighted by molar-refractivity contribution is 5.95. The molecule has 8 rings (SSSR count). The van der Waals surface area contributed by atoms with Crippen molar-refractivity contribution >= 4 is 23.5 Å². The number of fused-ring (bicyclic) bond motifs is 1. The number of amides is 2. The monoisotopic (exact) mass is 683 g/mol. The lowest BCUT2D eigenvalue weighted by Crippen LogP contribution is -2.50. The summed E-state index contributed by atoms with van der Waals surface area (Å²) >= 11 is 0. The number of oxazole rings is 1. The van der Waals surface area contributed by atoms with E-state index in [0.29, 0.717) is 56.4 Å². The topological polar surface area (TPSA) is 136 Å². The molecule has 1 saturated heterocycles. The van der Waals surface area contributed by atoms with Crippen LogP contribution in [0, 0.1) is 18.3 Å². The van der Waals surface area contributed by atoms with Gasteiger partial charge in [0.2, 0.25) is 5.91 Å². The summed E-state index contributed by atoms with van der Waals surface area (Å²) in [4.78, 5) is 41.6. The van der Waals surface area contributed by atoms with Gasteiger partial charge in [-0.2, -0.15) is 0 Å². The minimum Gasteiger partial charge on any atom is -0.486 e. The van der Waals surface area contributed by atoms with Crippen molar-refractivity contribution in [2.24, 2.45) is 11.3 Å². The van der Waals surface area contributed by atoms with E-state index in [9.17, 15) is 14.7 Å². The molecule has 12 heteroatoms. The van der Waals surface area contributed by atoms with Crippen LogP contribution in [0.4, 0.5) is 11.6 Å². The third kappa shape index (κ3) is 7.32. The van der Waals surface area contributed by atoms with Crippen LogP contribution >= 0.6 is 0 Å². The highest BCUT2D eigenvalue weighted by atomic mass is 16.5. The van der Waals surface area contributed by atoms with Gasteiger partial charge < -0.3 is 34.7 Å². The molecule has 2 aliphatic heterocycles. The van der Waals surface area contributed by atoms with E-state index in [1.54, 1.807) is 0 Å². The third-order valence-corrected chi connectivity index (χ3v) is 11.5. The van der Waals surface area contributed by atoms with Crippen molar-refractivity contribution in [1.29, 1.82) is 0 Å². The Balaban J connectivity index is 0.857. The number of aromatic nitrogens is 2. The Morgan fingerprint density at radius 2 is 1.90 bits per heavy atom. The fraction of sp³-hybridized carbons (Fsp3) is 0.579. The Morgan fingerprint density at radius 3 is 2.62 bits per heavy atom. The number of hydrogen-bond acceptors (Lipinski definition) is 10. The molecule has 5 aliphatic rings. The molecule has 50 heavy (non-hydrogen) atoms. The number of hydrogen-bond donors (Lipinski definition) is 3. The van der Waals surface area contributed by atoms with Crippen LogP contribution in [0.15, 0.2) is 41.1 Å². The van der Waals surface area contributed by atoms with E-state index in [2.05, 4.69) is 37.6 Å². The summed E-state index contributed by atoms with van der Waals surface area (Å²) in [5, 5.41) is 17.6. The van der Waals surface area contributed by atoms with E-state index in [-0.39, 0.29) is 24.3 Å². The number of pyridine rings is 1. The maximum absolute atomic E-state index is 13.5. The second-order valence-electron chi connectivity index (χ2n) is 15.2. The summed E-state index contributed by atoms with van der Waals surface area (Å²) in [6.45, 7) is 7.13. The van der Waals surface area contributed by atoms with E-state index in [4.69, 9.17) is 14.1 Å². The van der Waals surface area contributed by atoms with Crippen molar-refractivity contribution in [2.45, 2.75) is 83.6 Å². The van der Waals surface area contributed by atoms with Gasteiger partial charge in [0.25, 0.3) is 5.91 Å². The van der Waals surface area contributed by atoms with Gasteiger partial charge in [-0.15, -0.1) is 0 Å². The summed E-state index contributed by atoms with van der Waals surface area (Å²) in [7, 11) is 0. The Labute approximate surface area is 293 Å². The van der Waals surface area contributed by atoms with Gasteiger partial charge in [-0.1, -0.05) is 12.5 Å². The van der Waals surface area contributed by atoms with Crippen LogP contribution in [0.25, 0.3) is 0 Å². The largest absolute Gasteiger partial charge is 0.486 e. The van der Waals surface area contributed by atoms with E-state index < -0.39 is 6.10 Å². The number of carbonyl (C=O) groups excluding carboxylic acids is 2. The van der Waals surface area contributed by atoms with E-state index >= 15 is 0 Å². The van der Waals surface area contributed by atoms with Gasteiger partial charge in [0.15, 0.2) is 12.2 Å². The van der Waals surface area contributed by atoms with Gasteiger partial charge in [-0.3, -0.25) is 14.5 Å². The zero-order valence-corrected chi connectivity index (χ0v) is 29.0. The fourth-order valence-electron chi connectivity index (χ4n) is 8.13. The number of rotatable bonds is 12. The van der Waals surface area contributed by atoms with Gasteiger partial charge in [0.05, 0.1) is 11.8 Å². The number of aryl methyl sites for hydroxylation is 1. The van der Waals surface area contributed by atoms with Crippen molar-refractivity contribution in [3.63, 3.8) is 0 Å². The SMILES string of the molecule is Cc1ncoc1COc1ccc2c(c1)CCN(C[C@@H](O)CNC(=O)c1cc(NC3CC4(CCC4)C3)nc(N3CCN(C(=O)C4CC4)CC3)c1)C2. The Kier molecular flexibility index (Phi) is 9.15. The first kappa shape index (κ1) is 33.0. The zero-order valence-electron chi connectivity index (χ0n) is 29.0. The number of aliphatic hydroxyl groups excluding tert-OH is 1. The number of benzene rings is 1. The molecule has 1 aromatic carbocycles. The summed E-state index contributed by atoms with van der Waals surface area (Å²) in [5.74, 6) is 3.28. The molecular weight excluding hydrogens is 634 g/mol. The first-order chi connectivity index (χ1) is 24.3. The zero-order chi connectivity index (χ0) is 34.2. The number of nitrogens with one attached hydrogen (secondary N) is 2. The molecule has 3 saturated carbocycles. The minimum atomic E-state index is -0.710. The Hall–Kier alpha value is -4.16. The van der Waals surface area contributed by atoms with Crippen molar-refractivity contribution in [1.82, 2.24) is 25.1 Å². The average Bonchev–Trinajstić information content (AvgIpc) is 3.87. The number of β-amino-alcohol motifs (C(OH)–C–C–N with tert-alkyl or cyclic N) is 1. The average molecular weight is 684 g/mol. The number of ether oxygens (including phenoxy) is 1. The number of aliphatic hydroxyl groups is 1. The van der Waals surface area contributed by atoms with Crippen molar-refractivity contribution in [3.8, 4) is 5.75 Å². The van der Waals surface area contributed by atoms with E-state index in [1.807, 2.05) is 30.0 Å². The molecule has 3 aromatic rings. The predicted octanol–water partition coefficient (Wildman–Crippen LogP) is 3.91. The van der Waals surface area contributed by atoms with E-state index in [0.717, 1.165) is 74.0 Å². The molecular formula is C38H49N7O5. The molecule has 0 bridgehead atoms. The lowest BCUT2D eigenvalue weighted by Gasteiger charge is -2.54. The lowest BCUT2D eigenvalue weighted by atomic mass is 9.54. The summed E-state index contributed by atoms with van der Waals surface area (Å²) in [6, 6.07) is 10.2. The van der Waals surface area contributed by atoms with E-state index in [1.165, 1.54) is 36.8 Å². The third-order valence-electron chi connectivity index (χ3n) is 11.5. The molecule has 0 unspecified atom stereocenters. The van der Waals surface area contributed by atoms with Gasteiger partial charge in [-0.05, 0) is 92.7 Å². The first-order valence-corrected chi connectivity index (χ1v) is 18.4. The molecule has 1 spiro atoms. The molecule has 4 fully saturated rings. The molecule has 12 nitrogen and oxygen atoms in total. The van der Waals surface area contributed by atoms with Crippen LogP contribution in [0.2, 0.25) is 0 Å². The highest BCUT2D eigenvalue weighted by Crippen LogP contribution is 2.56. The lowest BCUT2D eigenvalue weighted by molar-refractivity contribution is -0.132. The summed E-state index contributed by atoms with van der Waals surface area (Å²) in [5.41, 5.74) is 4.35. The van der Waals surface area contributed by atoms with Gasteiger partial charge in [0, 0.05) is 69.9 Å². The molecule has 1 atom stereocenters. The van der Waals surface area contributed by atoms with Gasteiger partial charge in [0.1, 0.15) is 24.0 Å². The highest BCUT2D eigenvalue weighted by Gasteiger charge is 2.48. The smallest absolute Gasteiger partial charge is 0.251 e. The predicted molar refractivity (Wildman–Crippen MR) is 188 cm³/mol. The number of anilines is 2. The molecule has 2 aromatic heterocycles.